The Kier molecular flexibility index (Phi) is 5.41. The minimum Gasteiger partial charge on any atom is -0.321 e. The number of aromatic nitrogens is 4. The fourth-order valence-electron chi connectivity index (χ4n) is 2.70. The Morgan fingerprint density at radius 3 is 2.79 bits per heavy atom. The maximum atomic E-state index is 13.2. The van der Waals surface area contributed by atoms with Gasteiger partial charge in [0.05, 0.1) is 28.5 Å². The summed E-state index contributed by atoms with van der Waals surface area (Å²) >= 11 is 6.07. The number of nitrogens with one attached hydrogen (secondary N) is 1. The van der Waals surface area contributed by atoms with Crippen LogP contribution in [0.15, 0.2) is 30.6 Å². The molecule has 0 saturated heterocycles. The first-order valence-electron chi connectivity index (χ1n) is 8.19. The summed E-state index contributed by atoms with van der Waals surface area (Å²) < 4.78 is 16.0. The Balaban J connectivity index is 1.73. The normalized spacial score (nSPS) is 10.9. The van der Waals surface area contributed by atoms with E-state index in [4.69, 9.17) is 11.6 Å². The van der Waals surface area contributed by atoms with Crippen LogP contribution in [0.3, 0.4) is 0 Å². The monoisotopic (exact) mass is 406 g/mol. The Labute approximate surface area is 163 Å². The van der Waals surface area contributed by atoms with Crippen LogP contribution < -0.4 is 5.32 Å². The van der Waals surface area contributed by atoms with Crippen LogP contribution in [0.2, 0.25) is 5.02 Å². The number of aryl methyl sites for hydroxylation is 1. The van der Waals surface area contributed by atoms with Gasteiger partial charge in [0.25, 0.3) is 0 Å². The molecule has 0 aliphatic rings. The lowest BCUT2D eigenvalue weighted by atomic mass is 10.2. The lowest BCUT2D eigenvalue weighted by molar-refractivity contribution is -0.385. The molecule has 11 heteroatoms. The summed E-state index contributed by atoms with van der Waals surface area (Å²) in [5, 5.41) is 21.9. The van der Waals surface area contributed by atoms with Crippen LogP contribution in [0.5, 0.6) is 0 Å². The average molecular weight is 407 g/mol. The minimum atomic E-state index is -0.583. The minimum absolute atomic E-state index is 0.179. The second-order valence-corrected chi connectivity index (χ2v) is 6.55. The van der Waals surface area contributed by atoms with E-state index in [2.05, 4.69) is 15.5 Å². The number of carbonyl (C=O) groups is 1. The van der Waals surface area contributed by atoms with Gasteiger partial charge in [0.2, 0.25) is 5.91 Å². The maximum absolute atomic E-state index is 13.2. The van der Waals surface area contributed by atoms with E-state index in [1.54, 1.807) is 24.6 Å². The molecule has 2 aromatic heterocycles. The summed E-state index contributed by atoms with van der Waals surface area (Å²) in [4.78, 5) is 22.4. The number of anilines is 1. The zero-order chi connectivity index (χ0) is 20.4. The predicted octanol–water partition coefficient (Wildman–Crippen LogP) is 3.08. The van der Waals surface area contributed by atoms with Gasteiger partial charge >= 0.3 is 5.69 Å². The Bertz CT molecular complexity index is 1060. The van der Waals surface area contributed by atoms with Gasteiger partial charge in [-0.25, -0.2) is 4.39 Å². The quantitative estimate of drug-likeness (QED) is 0.500. The topological polar surface area (TPSA) is 108 Å². The standard InChI is InChI=1S/C17H16ClFN6O3/c1-10-17(21-16(26)9-23-8-14(6-20-23)25(27)28)11(2)24(22-10)7-12-3-4-13(19)5-15(12)18/h3-6,8H,7,9H2,1-2H3,(H,21,26). The first-order chi connectivity index (χ1) is 13.2. The Morgan fingerprint density at radius 2 is 2.14 bits per heavy atom. The van der Waals surface area contributed by atoms with E-state index < -0.39 is 16.6 Å². The molecule has 0 fully saturated rings. The summed E-state index contributed by atoms with van der Waals surface area (Å²) in [6.45, 7) is 3.66. The molecular weight excluding hydrogens is 391 g/mol. The first-order valence-corrected chi connectivity index (χ1v) is 8.57. The maximum Gasteiger partial charge on any atom is 0.307 e. The van der Waals surface area contributed by atoms with Crippen LogP contribution in [0, 0.1) is 29.8 Å². The third-order valence-electron chi connectivity index (χ3n) is 4.12. The van der Waals surface area contributed by atoms with Gasteiger partial charge in [0.15, 0.2) is 0 Å². The van der Waals surface area contributed by atoms with Crippen molar-refractivity contribution in [1.29, 1.82) is 0 Å². The molecule has 3 aromatic rings. The number of hydrogen-bond donors (Lipinski definition) is 1. The molecule has 0 aliphatic heterocycles. The van der Waals surface area contributed by atoms with Crippen LogP contribution in [0.25, 0.3) is 0 Å². The van der Waals surface area contributed by atoms with Crippen molar-refractivity contribution in [2.24, 2.45) is 0 Å². The molecular formula is C17H16ClFN6O3. The molecule has 146 valence electrons. The van der Waals surface area contributed by atoms with Gasteiger partial charge < -0.3 is 5.32 Å². The van der Waals surface area contributed by atoms with E-state index >= 15 is 0 Å². The molecule has 3 rings (SSSR count). The number of hydrogen-bond acceptors (Lipinski definition) is 5. The van der Waals surface area contributed by atoms with Crippen molar-refractivity contribution in [3.8, 4) is 0 Å². The van der Waals surface area contributed by atoms with Crippen LogP contribution in [0.4, 0.5) is 15.8 Å². The molecule has 1 N–H and O–H groups in total. The van der Waals surface area contributed by atoms with Crippen molar-refractivity contribution in [3.05, 3.63) is 68.5 Å². The second kappa shape index (κ2) is 7.77. The van der Waals surface area contributed by atoms with E-state index in [0.29, 0.717) is 34.2 Å². The second-order valence-electron chi connectivity index (χ2n) is 6.14. The highest BCUT2D eigenvalue weighted by Crippen LogP contribution is 2.23. The van der Waals surface area contributed by atoms with Gasteiger partial charge in [-0.15, -0.1) is 0 Å². The number of amides is 1. The highest BCUT2D eigenvalue weighted by molar-refractivity contribution is 6.31. The van der Waals surface area contributed by atoms with Crippen molar-refractivity contribution in [2.75, 3.05) is 5.32 Å². The fraction of sp³-hybridized carbons (Fsp3) is 0.235. The van der Waals surface area contributed by atoms with Gasteiger partial charge in [-0.05, 0) is 31.5 Å². The Morgan fingerprint density at radius 1 is 1.39 bits per heavy atom. The van der Waals surface area contributed by atoms with E-state index in [1.165, 1.54) is 23.0 Å². The van der Waals surface area contributed by atoms with Crippen LogP contribution in [0.1, 0.15) is 17.0 Å². The number of nitro groups is 1. The predicted molar refractivity (Wildman–Crippen MR) is 99.7 cm³/mol. The third kappa shape index (κ3) is 4.17. The molecule has 0 bridgehead atoms. The summed E-state index contributed by atoms with van der Waals surface area (Å²) in [5.74, 6) is -0.822. The summed E-state index contributed by atoms with van der Waals surface area (Å²) in [6, 6.07) is 4.13. The molecule has 1 aromatic carbocycles. The number of nitrogens with zero attached hydrogens (tertiary/aromatic N) is 5. The molecule has 0 aliphatic carbocycles. The van der Waals surface area contributed by atoms with E-state index in [9.17, 15) is 19.3 Å². The van der Waals surface area contributed by atoms with Crippen molar-refractivity contribution < 1.29 is 14.1 Å². The van der Waals surface area contributed by atoms with E-state index in [-0.39, 0.29) is 12.2 Å². The van der Waals surface area contributed by atoms with Gasteiger partial charge in [0.1, 0.15) is 24.8 Å². The number of rotatable bonds is 6. The van der Waals surface area contributed by atoms with E-state index in [0.717, 1.165) is 6.20 Å². The zero-order valence-electron chi connectivity index (χ0n) is 15.0. The summed E-state index contributed by atoms with van der Waals surface area (Å²) in [6.07, 6.45) is 2.26. The number of halogens is 2. The molecule has 0 spiro atoms. The summed E-state index contributed by atoms with van der Waals surface area (Å²) in [5.41, 5.74) is 2.32. The smallest absolute Gasteiger partial charge is 0.307 e. The molecule has 0 radical (unpaired) electrons. The highest BCUT2D eigenvalue weighted by atomic mass is 35.5. The van der Waals surface area contributed by atoms with Crippen LogP contribution in [-0.2, 0) is 17.9 Å². The molecule has 0 saturated carbocycles. The lowest BCUT2D eigenvalue weighted by Crippen LogP contribution is -2.19. The number of carbonyl (C=O) groups excluding carboxylic acids is 1. The van der Waals surface area contributed by atoms with Crippen LogP contribution >= 0.6 is 11.6 Å². The third-order valence-corrected chi connectivity index (χ3v) is 4.47. The number of benzene rings is 1. The summed E-state index contributed by atoms with van der Waals surface area (Å²) in [7, 11) is 0. The molecule has 1 amide bonds. The van der Waals surface area contributed by atoms with E-state index in [1.807, 2.05) is 0 Å². The largest absolute Gasteiger partial charge is 0.321 e. The zero-order valence-corrected chi connectivity index (χ0v) is 15.8. The van der Waals surface area contributed by atoms with Gasteiger partial charge in [-0.1, -0.05) is 17.7 Å². The average Bonchev–Trinajstić information content (AvgIpc) is 3.18. The molecule has 9 nitrogen and oxygen atoms in total. The van der Waals surface area contributed by atoms with Crippen molar-refractivity contribution in [2.45, 2.75) is 26.9 Å². The lowest BCUT2D eigenvalue weighted by Gasteiger charge is -2.08. The van der Waals surface area contributed by atoms with Crippen molar-refractivity contribution >= 4 is 28.9 Å². The SMILES string of the molecule is Cc1nn(Cc2ccc(F)cc2Cl)c(C)c1NC(=O)Cn1cc([N+](=O)[O-])cn1. The van der Waals surface area contributed by atoms with Gasteiger partial charge in [-0.2, -0.15) is 10.2 Å². The Hall–Kier alpha value is -3.27. The molecule has 28 heavy (non-hydrogen) atoms. The van der Waals surface area contributed by atoms with Crippen molar-refractivity contribution in [1.82, 2.24) is 19.6 Å². The molecule has 0 atom stereocenters. The van der Waals surface area contributed by atoms with Crippen LogP contribution in [-0.4, -0.2) is 30.4 Å². The van der Waals surface area contributed by atoms with Crippen molar-refractivity contribution in [3.63, 3.8) is 0 Å². The highest BCUT2D eigenvalue weighted by Gasteiger charge is 2.17. The molecule has 0 unspecified atom stereocenters. The van der Waals surface area contributed by atoms with Gasteiger partial charge in [-0.3, -0.25) is 24.3 Å². The molecule has 2 heterocycles. The first kappa shape index (κ1) is 19.5. The fourth-order valence-corrected chi connectivity index (χ4v) is 2.93. The van der Waals surface area contributed by atoms with Gasteiger partial charge in [0, 0.05) is 5.02 Å².